The van der Waals surface area contributed by atoms with E-state index in [0.29, 0.717) is 22.8 Å². The summed E-state index contributed by atoms with van der Waals surface area (Å²) in [6, 6.07) is 3.37. The van der Waals surface area contributed by atoms with Gasteiger partial charge in [0.25, 0.3) is 0 Å². The second-order valence-electron chi connectivity index (χ2n) is 5.24. The summed E-state index contributed by atoms with van der Waals surface area (Å²) in [5.41, 5.74) is 4.08. The fourth-order valence-corrected chi connectivity index (χ4v) is 2.34. The topological polar surface area (TPSA) is 86.6 Å². The quantitative estimate of drug-likeness (QED) is 0.651. The predicted octanol–water partition coefficient (Wildman–Crippen LogP) is -0.510. The summed E-state index contributed by atoms with van der Waals surface area (Å²) in [7, 11) is -1.07. The zero-order valence-corrected chi connectivity index (χ0v) is 11.8. The van der Waals surface area contributed by atoms with Crippen molar-refractivity contribution in [3.63, 3.8) is 0 Å². The van der Waals surface area contributed by atoms with Crippen LogP contribution in [0.3, 0.4) is 0 Å². The number of ether oxygens (including phenoxy) is 1. The molecule has 0 bridgehead atoms. The standard InChI is InChI=1S/C12H17BClNO4/c1-12(2,16)6-18-8-4-3-7(14)10-9(5-15)19-13(17)11(8)10/h3-4,9,16-17H,5-6,15H2,1-2H3/p+1. The van der Waals surface area contributed by atoms with Crippen LogP contribution < -0.4 is 15.9 Å². The smallest absolute Gasteiger partial charge is 0.491 e. The number of halogens is 1. The van der Waals surface area contributed by atoms with E-state index in [4.69, 9.17) is 21.0 Å². The first-order chi connectivity index (χ1) is 8.83. The van der Waals surface area contributed by atoms with Crippen LogP contribution in [0.5, 0.6) is 5.75 Å². The van der Waals surface area contributed by atoms with Crippen LogP contribution in [0.4, 0.5) is 0 Å². The van der Waals surface area contributed by atoms with Crippen LogP contribution in [-0.2, 0) is 4.65 Å². The summed E-state index contributed by atoms with van der Waals surface area (Å²) in [4.78, 5) is 0. The van der Waals surface area contributed by atoms with Crippen molar-refractivity contribution in [3.05, 3.63) is 22.7 Å². The van der Waals surface area contributed by atoms with Crippen LogP contribution in [0.2, 0.25) is 5.02 Å². The van der Waals surface area contributed by atoms with Gasteiger partial charge in [-0.05, 0) is 26.0 Å². The maximum absolute atomic E-state index is 9.97. The third kappa shape index (κ3) is 3.04. The molecule has 0 aliphatic carbocycles. The summed E-state index contributed by atoms with van der Waals surface area (Å²) < 4.78 is 11.0. The molecule has 0 aromatic heterocycles. The lowest BCUT2D eigenvalue weighted by Crippen LogP contribution is -2.53. The largest absolute Gasteiger partial charge is 0.496 e. The van der Waals surface area contributed by atoms with Crippen molar-refractivity contribution in [2.45, 2.75) is 25.6 Å². The fourth-order valence-electron chi connectivity index (χ4n) is 2.06. The molecule has 1 aromatic rings. The minimum atomic E-state index is -1.07. The Bertz CT molecular complexity index is 478. The Morgan fingerprint density at radius 1 is 1.53 bits per heavy atom. The van der Waals surface area contributed by atoms with Crippen LogP contribution in [0, 0.1) is 0 Å². The molecule has 19 heavy (non-hydrogen) atoms. The first kappa shape index (κ1) is 14.6. The van der Waals surface area contributed by atoms with Crippen molar-refractivity contribution in [2.75, 3.05) is 13.2 Å². The molecule has 7 heteroatoms. The van der Waals surface area contributed by atoms with E-state index in [1.807, 2.05) is 0 Å². The summed E-state index contributed by atoms with van der Waals surface area (Å²) in [6.45, 7) is 3.88. The van der Waals surface area contributed by atoms with E-state index in [-0.39, 0.29) is 12.7 Å². The first-order valence-corrected chi connectivity index (χ1v) is 6.51. The summed E-state index contributed by atoms with van der Waals surface area (Å²) in [5.74, 6) is 0.477. The minimum Gasteiger partial charge on any atom is -0.491 e. The second kappa shape index (κ2) is 5.30. The van der Waals surface area contributed by atoms with Gasteiger partial charge in [-0.15, -0.1) is 0 Å². The molecule has 0 amide bonds. The lowest BCUT2D eigenvalue weighted by Gasteiger charge is -2.19. The van der Waals surface area contributed by atoms with Gasteiger partial charge < -0.3 is 25.3 Å². The Labute approximate surface area is 117 Å². The monoisotopic (exact) mass is 286 g/mol. The van der Waals surface area contributed by atoms with E-state index >= 15 is 0 Å². The van der Waals surface area contributed by atoms with Crippen molar-refractivity contribution in [1.29, 1.82) is 0 Å². The number of aliphatic hydroxyl groups is 1. The molecule has 0 radical (unpaired) electrons. The number of hydrogen-bond acceptors (Lipinski definition) is 4. The van der Waals surface area contributed by atoms with E-state index in [1.54, 1.807) is 26.0 Å². The van der Waals surface area contributed by atoms with Crippen molar-refractivity contribution >= 4 is 24.2 Å². The highest BCUT2D eigenvalue weighted by molar-refractivity contribution is 6.63. The molecule has 0 saturated carbocycles. The summed E-state index contributed by atoms with van der Waals surface area (Å²) >= 11 is 6.15. The third-order valence-electron chi connectivity index (χ3n) is 2.90. The van der Waals surface area contributed by atoms with Crippen LogP contribution in [-0.4, -0.2) is 36.0 Å². The molecule has 1 aliphatic heterocycles. The Balaban J connectivity index is 2.35. The highest BCUT2D eigenvalue weighted by atomic mass is 35.5. The van der Waals surface area contributed by atoms with Crippen LogP contribution in [0.1, 0.15) is 25.5 Å². The molecule has 5 nitrogen and oxygen atoms in total. The minimum absolute atomic E-state index is 0.114. The predicted molar refractivity (Wildman–Crippen MR) is 72.4 cm³/mol. The second-order valence-corrected chi connectivity index (χ2v) is 5.65. The number of hydrogen-bond donors (Lipinski definition) is 3. The van der Waals surface area contributed by atoms with E-state index in [9.17, 15) is 10.1 Å². The average Bonchev–Trinajstić information content (AvgIpc) is 2.66. The van der Waals surface area contributed by atoms with Gasteiger partial charge in [-0.3, -0.25) is 0 Å². The molecule has 104 valence electrons. The molecule has 2 rings (SSSR count). The van der Waals surface area contributed by atoms with E-state index in [0.717, 1.165) is 5.56 Å². The van der Waals surface area contributed by atoms with Gasteiger partial charge in [0, 0.05) is 16.0 Å². The zero-order chi connectivity index (χ0) is 14.2. The van der Waals surface area contributed by atoms with Crippen molar-refractivity contribution in [1.82, 2.24) is 0 Å². The molecule has 0 spiro atoms. The Kier molecular flexibility index (Phi) is 4.08. The number of rotatable bonds is 4. The molecule has 1 aliphatic rings. The van der Waals surface area contributed by atoms with Gasteiger partial charge in [0.05, 0.1) is 5.60 Å². The normalized spacial score (nSPS) is 18.6. The Morgan fingerprint density at radius 3 is 2.79 bits per heavy atom. The lowest BCUT2D eigenvalue weighted by molar-refractivity contribution is -0.383. The van der Waals surface area contributed by atoms with Gasteiger partial charge in [-0.1, -0.05) is 11.6 Å². The fraction of sp³-hybridized carbons (Fsp3) is 0.500. The van der Waals surface area contributed by atoms with E-state index in [2.05, 4.69) is 5.73 Å². The van der Waals surface area contributed by atoms with Gasteiger partial charge in [0.1, 0.15) is 25.0 Å². The maximum atomic E-state index is 9.97. The molecular weight excluding hydrogens is 268 g/mol. The summed E-state index contributed by atoms with van der Waals surface area (Å²) in [5, 5.41) is 20.2. The maximum Gasteiger partial charge on any atom is 0.496 e. The molecule has 5 N–H and O–H groups in total. The molecular formula is C12H18BClNO4+. The van der Waals surface area contributed by atoms with Crippen molar-refractivity contribution in [3.8, 4) is 5.75 Å². The van der Waals surface area contributed by atoms with E-state index in [1.165, 1.54) is 0 Å². The average molecular weight is 287 g/mol. The zero-order valence-electron chi connectivity index (χ0n) is 11.0. The van der Waals surface area contributed by atoms with Crippen molar-refractivity contribution in [2.24, 2.45) is 0 Å². The van der Waals surface area contributed by atoms with Gasteiger partial charge >= 0.3 is 7.12 Å². The van der Waals surface area contributed by atoms with E-state index < -0.39 is 12.7 Å². The number of fused-ring (bicyclic) bond motifs is 1. The molecule has 1 heterocycles. The van der Waals surface area contributed by atoms with Crippen LogP contribution in [0.15, 0.2) is 12.1 Å². The molecule has 1 unspecified atom stereocenters. The van der Waals surface area contributed by atoms with Gasteiger partial charge in [0.2, 0.25) is 0 Å². The molecule has 0 saturated heterocycles. The first-order valence-electron chi connectivity index (χ1n) is 6.13. The van der Waals surface area contributed by atoms with Crippen LogP contribution in [0.25, 0.3) is 0 Å². The highest BCUT2D eigenvalue weighted by Crippen LogP contribution is 2.32. The molecule has 1 aromatic carbocycles. The van der Waals surface area contributed by atoms with Gasteiger partial charge in [0.15, 0.2) is 0 Å². The molecule has 1 atom stereocenters. The van der Waals surface area contributed by atoms with Gasteiger partial charge in [-0.25, -0.2) is 0 Å². The number of quaternary nitrogens is 1. The Morgan fingerprint density at radius 2 is 2.21 bits per heavy atom. The van der Waals surface area contributed by atoms with Crippen molar-refractivity contribution < 1.29 is 25.3 Å². The SMILES string of the molecule is CC(C)(O)COc1ccc(Cl)c2c1B(O)OC2C[NH3+]. The third-order valence-corrected chi connectivity index (χ3v) is 3.23. The summed E-state index contributed by atoms with van der Waals surface area (Å²) in [6.07, 6.45) is -0.330. The Hall–Kier alpha value is -0.785. The number of benzene rings is 1. The van der Waals surface area contributed by atoms with Gasteiger partial charge in [-0.2, -0.15) is 0 Å². The van der Waals surface area contributed by atoms with Crippen LogP contribution >= 0.6 is 11.6 Å². The lowest BCUT2D eigenvalue weighted by atomic mass is 9.78. The highest BCUT2D eigenvalue weighted by Gasteiger charge is 2.40. The molecule has 0 fully saturated rings.